The molecule has 0 saturated carbocycles. The van der Waals surface area contributed by atoms with Crippen molar-refractivity contribution in [2.45, 2.75) is 6.04 Å². The molecule has 140 valence electrons. The van der Waals surface area contributed by atoms with E-state index in [1.54, 1.807) is 35.3 Å². The van der Waals surface area contributed by atoms with Crippen LogP contribution in [0.4, 0.5) is 0 Å². The maximum Gasteiger partial charge on any atom is 0.286 e. The lowest BCUT2D eigenvalue weighted by Gasteiger charge is -2.41. The Morgan fingerprint density at radius 3 is 2.58 bits per heavy atom. The molecule has 3 rings (SSSR count). The van der Waals surface area contributed by atoms with Crippen molar-refractivity contribution in [1.82, 2.24) is 13.9 Å². The van der Waals surface area contributed by atoms with Crippen LogP contribution in [-0.2, 0) is 10.2 Å². The molecule has 1 aliphatic rings. The predicted molar refractivity (Wildman–Crippen MR) is 89.9 cm³/mol. The molecule has 2 heterocycles. The van der Waals surface area contributed by atoms with Crippen LogP contribution in [0.15, 0.2) is 41.1 Å². The van der Waals surface area contributed by atoms with E-state index in [0.29, 0.717) is 5.56 Å². The number of hydrogen-bond donors (Lipinski definition) is 1. The second kappa shape index (κ2) is 7.02. The van der Waals surface area contributed by atoms with E-state index in [0.717, 1.165) is 4.31 Å². The van der Waals surface area contributed by atoms with Crippen molar-refractivity contribution in [3.63, 3.8) is 0 Å². The summed E-state index contributed by atoms with van der Waals surface area (Å²) < 4.78 is 32.1. The number of rotatable bonds is 5. The Labute approximate surface area is 150 Å². The van der Waals surface area contributed by atoms with Gasteiger partial charge in [-0.25, -0.2) is 0 Å². The van der Waals surface area contributed by atoms with E-state index in [9.17, 15) is 13.2 Å². The minimum atomic E-state index is -3.65. The number of hydrogen-bond acceptors (Lipinski definition) is 6. The van der Waals surface area contributed by atoms with Gasteiger partial charge in [-0.05, 0) is 5.27 Å². The van der Waals surface area contributed by atoms with Crippen molar-refractivity contribution >= 4 is 16.0 Å². The van der Waals surface area contributed by atoms with Crippen molar-refractivity contribution in [2.24, 2.45) is 0 Å². The Hall–Kier alpha value is -2.50. The molecule has 1 N–H and O–H groups in total. The minimum Gasteiger partial charge on any atom is -0.380 e. The molecule has 1 saturated heterocycles. The van der Waals surface area contributed by atoms with E-state index in [2.05, 4.69) is 5.27 Å². The smallest absolute Gasteiger partial charge is 0.286 e. The van der Waals surface area contributed by atoms with Gasteiger partial charge in [-0.15, -0.1) is 0 Å². The number of nitrogens with zero attached hydrogens (tertiary/aromatic N) is 5. The lowest BCUT2D eigenvalue weighted by Crippen LogP contribution is -2.73. The molecule has 0 aliphatic carbocycles. The van der Waals surface area contributed by atoms with Gasteiger partial charge in [0.25, 0.3) is 22.0 Å². The Morgan fingerprint density at radius 2 is 2.00 bits per heavy atom. The zero-order valence-electron chi connectivity index (χ0n) is 14.4. The second-order valence-corrected chi connectivity index (χ2v) is 8.19. The predicted octanol–water partition coefficient (Wildman–Crippen LogP) is -1.68. The highest BCUT2D eigenvalue weighted by Crippen LogP contribution is 2.16. The number of carbonyl (C=O) groups excluding carboxylic acids is 1. The SMILES string of the molecule is CN(C)S(=O)(=O)N1CCN([n+]2cc(=N)o[n-]2)C(C(=O)c2ccccc2)C1. The molecular formula is C15H20N6O4S. The molecular weight excluding hydrogens is 360 g/mol. The number of benzene rings is 1. The van der Waals surface area contributed by atoms with Crippen LogP contribution in [0.25, 0.3) is 0 Å². The highest BCUT2D eigenvalue weighted by Gasteiger charge is 2.38. The molecule has 0 spiro atoms. The summed E-state index contributed by atoms with van der Waals surface area (Å²) in [7, 11) is -0.746. The number of piperazine rings is 1. The summed E-state index contributed by atoms with van der Waals surface area (Å²) in [5.41, 5.74) is 0.320. The van der Waals surface area contributed by atoms with Crippen LogP contribution >= 0.6 is 0 Å². The number of aromatic nitrogens is 2. The first-order chi connectivity index (χ1) is 12.3. The maximum atomic E-state index is 13.0. The standard InChI is InChI=1S/C15H20N6O4S/c1-18(2)26(23,24)19-8-9-20(21-11-14(16)25-17-21)13(10-19)15(22)12-6-4-3-5-7-12/h3-7,11,13,16H,8-10H2,1-2H3. The van der Waals surface area contributed by atoms with Crippen LogP contribution in [0.1, 0.15) is 10.4 Å². The lowest BCUT2D eigenvalue weighted by molar-refractivity contribution is -0.766. The summed E-state index contributed by atoms with van der Waals surface area (Å²) in [6, 6.07) is 7.87. The average molecular weight is 380 g/mol. The molecule has 0 bridgehead atoms. The van der Waals surface area contributed by atoms with E-state index in [4.69, 9.17) is 9.93 Å². The summed E-state index contributed by atoms with van der Waals surface area (Å²) >= 11 is 0. The quantitative estimate of drug-likeness (QED) is 0.489. The lowest BCUT2D eigenvalue weighted by atomic mass is 10.0. The van der Waals surface area contributed by atoms with Gasteiger partial charge in [0, 0.05) is 39.3 Å². The Bertz CT molecular complexity index is 936. The molecule has 0 amide bonds. The summed E-state index contributed by atoms with van der Waals surface area (Å²) in [5.74, 6) is -0.230. The first-order valence-electron chi connectivity index (χ1n) is 7.95. The fraction of sp³-hybridized carbons (Fsp3) is 0.400. The summed E-state index contributed by atoms with van der Waals surface area (Å²) in [6.07, 6.45) is 1.33. The van der Waals surface area contributed by atoms with Crippen molar-refractivity contribution in [2.75, 3.05) is 38.7 Å². The van der Waals surface area contributed by atoms with Crippen molar-refractivity contribution < 1.29 is 22.5 Å². The van der Waals surface area contributed by atoms with Crippen LogP contribution < -0.4 is 20.6 Å². The highest BCUT2D eigenvalue weighted by molar-refractivity contribution is 7.86. The Balaban J connectivity index is 1.96. The van der Waals surface area contributed by atoms with Crippen LogP contribution in [0.2, 0.25) is 0 Å². The van der Waals surface area contributed by atoms with Crippen LogP contribution in [0.5, 0.6) is 0 Å². The number of Topliss-reactive ketones (excluding diaryl/α,β-unsaturated/α-hetero) is 1. The first kappa shape index (κ1) is 18.3. The zero-order valence-corrected chi connectivity index (χ0v) is 15.3. The molecule has 1 aliphatic heterocycles. The fourth-order valence-electron chi connectivity index (χ4n) is 2.81. The largest absolute Gasteiger partial charge is 0.380 e. The number of nitrogens with one attached hydrogen (secondary N) is 1. The average Bonchev–Trinajstić information content (AvgIpc) is 3.07. The molecule has 1 unspecified atom stereocenters. The highest BCUT2D eigenvalue weighted by atomic mass is 32.2. The molecule has 2 aromatic rings. The summed E-state index contributed by atoms with van der Waals surface area (Å²) in [6.45, 7) is 0.390. The van der Waals surface area contributed by atoms with Gasteiger partial charge in [0.2, 0.25) is 0 Å². The molecule has 1 fully saturated rings. The van der Waals surface area contributed by atoms with Gasteiger partial charge >= 0.3 is 0 Å². The van der Waals surface area contributed by atoms with Crippen LogP contribution in [0, 0.1) is 5.41 Å². The molecule has 26 heavy (non-hydrogen) atoms. The zero-order chi connectivity index (χ0) is 18.9. The second-order valence-electron chi connectivity index (χ2n) is 6.04. The minimum absolute atomic E-state index is 0.0264. The Kier molecular flexibility index (Phi) is 4.94. The summed E-state index contributed by atoms with van der Waals surface area (Å²) in [5, 5.41) is 12.8. The van der Waals surface area contributed by atoms with E-state index >= 15 is 0 Å². The van der Waals surface area contributed by atoms with Crippen molar-refractivity contribution in [3.05, 3.63) is 47.6 Å². The van der Waals surface area contributed by atoms with Gasteiger partial charge in [0.05, 0.1) is 6.04 Å². The van der Waals surface area contributed by atoms with Gasteiger partial charge in [-0.2, -0.15) is 17.0 Å². The van der Waals surface area contributed by atoms with Gasteiger partial charge in [0.15, 0.2) is 5.78 Å². The fourth-order valence-corrected chi connectivity index (χ4v) is 3.91. The van der Waals surface area contributed by atoms with E-state index in [1.807, 2.05) is 0 Å². The van der Waals surface area contributed by atoms with E-state index in [1.165, 1.54) is 29.4 Å². The van der Waals surface area contributed by atoms with E-state index < -0.39 is 16.3 Å². The third-order valence-corrected chi connectivity index (χ3v) is 6.09. The third-order valence-electron chi connectivity index (χ3n) is 4.18. The molecule has 10 nitrogen and oxygen atoms in total. The van der Waals surface area contributed by atoms with Gasteiger partial charge in [-0.3, -0.25) is 15.2 Å². The van der Waals surface area contributed by atoms with Crippen LogP contribution in [0.3, 0.4) is 0 Å². The summed E-state index contributed by atoms with van der Waals surface area (Å²) in [4.78, 5) is 14.3. The molecule has 11 heteroatoms. The first-order valence-corrected chi connectivity index (χ1v) is 9.34. The molecule has 1 atom stereocenters. The normalized spacial score (nSPS) is 19.0. The number of ketones is 1. The maximum absolute atomic E-state index is 13.0. The van der Waals surface area contributed by atoms with Crippen molar-refractivity contribution in [3.8, 4) is 0 Å². The van der Waals surface area contributed by atoms with Gasteiger partial charge in [0.1, 0.15) is 0 Å². The molecule has 0 radical (unpaired) electrons. The van der Waals surface area contributed by atoms with Gasteiger partial charge in [-0.1, -0.05) is 35.1 Å². The number of carbonyl (C=O) groups is 1. The molecule has 1 aromatic heterocycles. The van der Waals surface area contributed by atoms with E-state index in [-0.39, 0.29) is 31.0 Å². The Morgan fingerprint density at radius 1 is 1.31 bits per heavy atom. The molecule has 1 aromatic carbocycles. The topological polar surface area (TPSA) is 116 Å². The third kappa shape index (κ3) is 3.41. The van der Waals surface area contributed by atoms with Crippen molar-refractivity contribution in [1.29, 1.82) is 5.41 Å². The van der Waals surface area contributed by atoms with Crippen LogP contribution in [-0.4, -0.2) is 62.6 Å². The van der Waals surface area contributed by atoms with Gasteiger partial charge < -0.3 is 4.52 Å². The monoisotopic (exact) mass is 380 g/mol.